The van der Waals surface area contributed by atoms with E-state index in [4.69, 9.17) is 0 Å². The number of anilines is 1. The first-order valence-electron chi connectivity index (χ1n) is 6.15. The molecule has 1 aromatic rings. The average molecular weight is 314 g/mol. The van der Waals surface area contributed by atoms with Gasteiger partial charge >= 0.3 is 5.97 Å². The number of carboxylic acids is 1. The van der Waals surface area contributed by atoms with Gasteiger partial charge in [0, 0.05) is 10.2 Å². The highest BCUT2D eigenvalue weighted by Gasteiger charge is 2.25. The quantitative estimate of drug-likeness (QED) is 0.834. The summed E-state index contributed by atoms with van der Waals surface area (Å²) in [5.74, 6) is -0.226. The van der Waals surface area contributed by atoms with Crippen molar-refractivity contribution in [1.29, 1.82) is 0 Å². The number of carboxylic acid groups (broad SMARTS) is 1. The molecule has 0 aliphatic heterocycles. The van der Waals surface area contributed by atoms with Crippen molar-refractivity contribution in [2.45, 2.75) is 33.2 Å². The molecular formula is C14H20BrNO2. The van der Waals surface area contributed by atoms with Crippen LogP contribution in [0.25, 0.3) is 0 Å². The normalized spacial score (nSPS) is 14.3. The topological polar surface area (TPSA) is 49.3 Å². The first kappa shape index (κ1) is 15.0. The monoisotopic (exact) mass is 313 g/mol. The number of carbonyl (C=O) groups is 1. The molecule has 0 aromatic heterocycles. The van der Waals surface area contributed by atoms with Crippen LogP contribution < -0.4 is 5.32 Å². The molecule has 18 heavy (non-hydrogen) atoms. The second-order valence-electron chi connectivity index (χ2n) is 5.08. The number of aliphatic carboxylic acids is 1. The Morgan fingerprint density at radius 2 is 2.06 bits per heavy atom. The van der Waals surface area contributed by atoms with Crippen molar-refractivity contribution in [3.8, 4) is 0 Å². The van der Waals surface area contributed by atoms with Gasteiger partial charge in [-0.2, -0.15) is 0 Å². The van der Waals surface area contributed by atoms with Crippen LogP contribution in [-0.4, -0.2) is 17.1 Å². The molecule has 2 N–H and O–H groups in total. The third kappa shape index (κ3) is 4.69. The van der Waals surface area contributed by atoms with E-state index in [1.54, 1.807) is 0 Å². The van der Waals surface area contributed by atoms with Gasteiger partial charge in [0.05, 0.1) is 0 Å². The van der Waals surface area contributed by atoms with Crippen molar-refractivity contribution in [3.63, 3.8) is 0 Å². The van der Waals surface area contributed by atoms with Crippen LogP contribution in [0.15, 0.2) is 28.7 Å². The van der Waals surface area contributed by atoms with E-state index in [2.05, 4.69) is 35.1 Å². The highest BCUT2D eigenvalue weighted by atomic mass is 79.9. The highest BCUT2D eigenvalue weighted by molar-refractivity contribution is 9.10. The van der Waals surface area contributed by atoms with E-state index in [-0.39, 0.29) is 5.92 Å². The summed E-state index contributed by atoms with van der Waals surface area (Å²) < 4.78 is 0.938. The van der Waals surface area contributed by atoms with Gasteiger partial charge in [-0.15, -0.1) is 0 Å². The van der Waals surface area contributed by atoms with Gasteiger partial charge in [-0.25, -0.2) is 4.79 Å². The third-order valence-electron chi connectivity index (χ3n) is 2.83. The number of rotatable bonds is 6. The molecule has 0 fully saturated rings. The Bertz CT molecular complexity index is 407. The molecule has 1 rings (SSSR count). The van der Waals surface area contributed by atoms with Crippen LogP contribution in [0, 0.1) is 11.8 Å². The van der Waals surface area contributed by atoms with Gasteiger partial charge in [0.25, 0.3) is 0 Å². The lowest BCUT2D eigenvalue weighted by Gasteiger charge is -2.23. The first-order chi connectivity index (χ1) is 8.40. The van der Waals surface area contributed by atoms with Crippen LogP contribution >= 0.6 is 15.9 Å². The van der Waals surface area contributed by atoms with Crippen LogP contribution in [0.2, 0.25) is 0 Å². The molecule has 0 spiro atoms. The predicted molar refractivity (Wildman–Crippen MR) is 77.8 cm³/mol. The average Bonchev–Trinajstić information content (AvgIpc) is 2.24. The van der Waals surface area contributed by atoms with Crippen LogP contribution in [0.5, 0.6) is 0 Å². The van der Waals surface area contributed by atoms with E-state index in [0.29, 0.717) is 5.92 Å². The summed E-state index contributed by atoms with van der Waals surface area (Å²) in [6.07, 6.45) is 0.887. The lowest BCUT2D eigenvalue weighted by atomic mass is 9.92. The standard InChI is InChI=1S/C14H20BrNO2/c1-9(2)7-10(3)13(14(17)18)16-12-6-4-5-11(15)8-12/h4-6,8-10,13,16H,7H2,1-3H3,(H,17,18). The predicted octanol–water partition coefficient (Wildman–Crippen LogP) is 4.00. The van der Waals surface area contributed by atoms with Gasteiger partial charge in [-0.05, 0) is 36.5 Å². The summed E-state index contributed by atoms with van der Waals surface area (Å²) in [6, 6.07) is 7.01. The van der Waals surface area contributed by atoms with Gasteiger partial charge in [0.2, 0.25) is 0 Å². The zero-order chi connectivity index (χ0) is 13.7. The fourth-order valence-corrected chi connectivity index (χ4v) is 2.48. The summed E-state index contributed by atoms with van der Waals surface area (Å²) >= 11 is 3.38. The van der Waals surface area contributed by atoms with Crippen molar-refractivity contribution >= 4 is 27.6 Å². The molecule has 4 heteroatoms. The van der Waals surface area contributed by atoms with Crippen molar-refractivity contribution in [2.75, 3.05) is 5.32 Å². The van der Waals surface area contributed by atoms with E-state index < -0.39 is 12.0 Å². The maximum atomic E-state index is 11.3. The molecular weight excluding hydrogens is 294 g/mol. The molecule has 0 saturated carbocycles. The lowest BCUT2D eigenvalue weighted by Crippen LogP contribution is -2.36. The minimum atomic E-state index is -0.803. The van der Waals surface area contributed by atoms with Gasteiger partial charge in [0.1, 0.15) is 6.04 Å². The van der Waals surface area contributed by atoms with Crippen LogP contribution in [-0.2, 0) is 4.79 Å². The summed E-state index contributed by atoms with van der Waals surface area (Å²) in [5.41, 5.74) is 0.826. The van der Waals surface area contributed by atoms with E-state index in [1.165, 1.54) is 0 Å². The molecule has 1 aromatic carbocycles. The third-order valence-corrected chi connectivity index (χ3v) is 3.32. The smallest absolute Gasteiger partial charge is 0.326 e. The zero-order valence-electron chi connectivity index (χ0n) is 11.0. The van der Waals surface area contributed by atoms with Crippen LogP contribution in [0.3, 0.4) is 0 Å². The summed E-state index contributed by atoms with van der Waals surface area (Å²) in [4.78, 5) is 11.3. The van der Waals surface area contributed by atoms with Crippen LogP contribution in [0.4, 0.5) is 5.69 Å². The molecule has 2 unspecified atom stereocenters. The Labute approximate surface area is 117 Å². The van der Waals surface area contributed by atoms with E-state index in [0.717, 1.165) is 16.6 Å². The van der Waals surface area contributed by atoms with Gasteiger partial charge in [-0.3, -0.25) is 0 Å². The second-order valence-corrected chi connectivity index (χ2v) is 5.99. The molecule has 0 aliphatic carbocycles. The van der Waals surface area contributed by atoms with Gasteiger partial charge < -0.3 is 10.4 Å². The maximum Gasteiger partial charge on any atom is 0.326 e. The molecule has 0 heterocycles. The van der Waals surface area contributed by atoms with Crippen molar-refractivity contribution < 1.29 is 9.90 Å². The molecule has 0 bridgehead atoms. The SMILES string of the molecule is CC(C)CC(C)C(Nc1cccc(Br)c1)C(=O)O. The van der Waals surface area contributed by atoms with Crippen LogP contribution in [0.1, 0.15) is 27.2 Å². The fraction of sp³-hybridized carbons (Fsp3) is 0.500. The highest BCUT2D eigenvalue weighted by Crippen LogP contribution is 2.21. The van der Waals surface area contributed by atoms with E-state index in [9.17, 15) is 9.90 Å². The fourth-order valence-electron chi connectivity index (χ4n) is 2.08. The number of nitrogens with one attached hydrogen (secondary N) is 1. The van der Waals surface area contributed by atoms with Crippen molar-refractivity contribution in [3.05, 3.63) is 28.7 Å². The van der Waals surface area contributed by atoms with E-state index >= 15 is 0 Å². The largest absolute Gasteiger partial charge is 0.480 e. The number of halogens is 1. The number of hydrogen-bond acceptors (Lipinski definition) is 2. The maximum absolute atomic E-state index is 11.3. The molecule has 0 amide bonds. The number of hydrogen-bond donors (Lipinski definition) is 2. The minimum absolute atomic E-state index is 0.0847. The zero-order valence-corrected chi connectivity index (χ0v) is 12.6. The molecule has 100 valence electrons. The first-order valence-corrected chi connectivity index (χ1v) is 6.94. The van der Waals surface area contributed by atoms with Gasteiger partial charge in [-0.1, -0.05) is 42.8 Å². The summed E-state index contributed by atoms with van der Waals surface area (Å²) in [7, 11) is 0. The summed E-state index contributed by atoms with van der Waals surface area (Å²) in [5, 5.41) is 12.4. The van der Waals surface area contributed by atoms with Gasteiger partial charge in [0.15, 0.2) is 0 Å². The molecule has 3 nitrogen and oxygen atoms in total. The van der Waals surface area contributed by atoms with Crippen molar-refractivity contribution in [2.24, 2.45) is 11.8 Å². The summed E-state index contributed by atoms with van der Waals surface area (Å²) in [6.45, 7) is 6.19. The number of benzene rings is 1. The van der Waals surface area contributed by atoms with Crippen molar-refractivity contribution in [1.82, 2.24) is 0 Å². The Morgan fingerprint density at radius 3 is 2.56 bits per heavy atom. The Balaban J connectivity index is 2.77. The Morgan fingerprint density at radius 1 is 1.39 bits per heavy atom. The molecule has 2 atom stereocenters. The Kier molecular flexibility index (Phi) is 5.66. The molecule has 0 aliphatic rings. The second kappa shape index (κ2) is 6.78. The van der Waals surface area contributed by atoms with E-state index in [1.807, 2.05) is 31.2 Å². The minimum Gasteiger partial charge on any atom is -0.480 e. The Hall–Kier alpha value is -1.03. The lowest BCUT2D eigenvalue weighted by molar-refractivity contribution is -0.139. The molecule has 0 radical (unpaired) electrons. The molecule has 0 saturated heterocycles.